The first-order chi connectivity index (χ1) is 17.2. The lowest BCUT2D eigenvalue weighted by Crippen LogP contribution is -2.37. The molecule has 0 aromatic heterocycles. The average Bonchev–Trinajstić information content (AvgIpc) is 2.85. The van der Waals surface area contributed by atoms with Crippen LogP contribution in [-0.2, 0) is 14.3 Å². The fourth-order valence-electron chi connectivity index (χ4n) is 3.14. The number of nitrogens with one attached hydrogen (secondary N) is 1. The number of azo groups is 1. The van der Waals surface area contributed by atoms with Gasteiger partial charge in [-0.1, -0.05) is 6.58 Å². The Balaban J connectivity index is 1.81. The Bertz CT molecular complexity index is 1070. The summed E-state index contributed by atoms with van der Waals surface area (Å²) in [5.41, 5.74) is 2.43. The molecule has 12 heteroatoms. The zero-order valence-electron chi connectivity index (χ0n) is 19.9. The molecule has 0 aliphatic heterocycles. The first-order valence-electron chi connectivity index (χ1n) is 11.2. The number of nitro groups is 1. The zero-order valence-corrected chi connectivity index (χ0v) is 19.9. The summed E-state index contributed by atoms with van der Waals surface area (Å²) in [6.07, 6.45) is -0.322. The Morgan fingerprint density at radius 1 is 1.11 bits per heavy atom. The van der Waals surface area contributed by atoms with E-state index in [1.807, 2.05) is 31.2 Å². The number of benzene rings is 2. The lowest BCUT2D eigenvalue weighted by atomic mass is 10.1. The van der Waals surface area contributed by atoms with Crippen molar-refractivity contribution in [2.24, 2.45) is 10.2 Å². The minimum atomic E-state index is -1.15. The maximum Gasteiger partial charge on any atom is 0.326 e. The van der Waals surface area contributed by atoms with Gasteiger partial charge >= 0.3 is 11.9 Å². The highest BCUT2D eigenvalue weighted by molar-refractivity contribution is 5.75. The maximum atomic E-state index is 11.3. The fourth-order valence-corrected chi connectivity index (χ4v) is 3.14. The van der Waals surface area contributed by atoms with Crippen molar-refractivity contribution >= 4 is 34.7 Å². The number of nitro benzene ring substituents is 1. The van der Waals surface area contributed by atoms with Crippen molar-refractivity contribution in [2.45, 2.75) is 25.8 Å². The molecular formula is C24H29N5O7. The van der Waals surface area contributed by atoms with Gasteiger partial charge in [-0.05, 0) is 49.7 Å². The van der Waals surface area contributed by atoms with Gasteiger partial charge in [-0.25, -0.2) is 4.79 Å². The number of rotatable bonds is 16. The topological polar surface area (TPSA) is 167 Å². The molecule has 1 unspecified atom stereocenters. The van der Waals surface area contributed by atoms with Gasteiger partial charge < -0.3 is 25.2 Å². The lowest BCUT2D eigenvalue weighted by Gasteiger charge is -2.23. The molecule has 0 radical (unpaired) electrons. The summed E-state index contributed by atoms with van der Waals surface area (Å²) in [6, 6.07) is 12.2. The van der Waals surface area contributed by atoms with Crippen molar-refractivity contribution in [1.29, 1.82) is 0 Å². The molecule has 0 bridgehead atoms. The Kier molecular flexibility index (Phi) is 11.0. The Labute approximate surface area is 208 Å². The van der Waals surface area contributed by atoms with E-state index in [1.54, 1.807) is 0 Å². The summed E-state index contributed by atoms with van der Waals surface area (Å²) in [5, 5.41) is 39.6. The molecule has 3 N–H and O–H groups in total. The zero-order chi connectivity index (χ0) is 26.5. The number of ether oxygens (including phenoxy) is 1. The van der Waals surface area contributed by atoms with Crippen LogP contribution < -0.4 is 10.2 Å². The molecule has 0 amide bonds. The molecular weight excluding hydrogens is 470 g/mol. The summed E-state index contributed by atoms with van der Waals surface area (Å²) >= 11 is 0. The first-order valence-corrected chi connectivity index (χ1v) is 11.2. The van der Waals surface area contributed by atoms with Crippen molar-refractivity contribution in [2.75, 3.05) is 31.2 Å². The number of hydrogen-bond acceptors (Lipinski definition) is 9. The van der Waals surface area contributed by atoms with E-state index >= 15 is 0 Å². The quantitative estimate of drug-likeness (QED) is 0.132. The lowest BCUT2D eigenvalue weighted by molar-refractivity contribution is -0.384. The fraction of sp³-hybridized carbons (Fsp3) is 0.333. The molecule has 1 atom stereocenters. The van der Waals surface area contributed by atoms with Crippen LogP contribution in [0.1, 0.15) is 19.8 Å². The van der Waals surface area contributed by atoms with Gasteiger partial charge in [-0.15, -0.1) is 0 Å². The molecule has 0 aliphatic rings. The van der Waals surface area contributed by atoms with Gasteiger partial charge in [0.05, 0.1) is 29.5 Å². The minimum Gasteiger partial charge on any atom is -0.481 e. The number of anilines is 1. The molecule has 2 aromatic rings. The molecule has 0 heterocycles. The molecule has 0 spiro atoms. The van der Waals surface area contributed by atoms with Crippen LogP contribution in [0.25, 0.3) is 0 Å². The summed E-state index contributed by atoms with van der Waals surface area (Å²) < 4.78 is 5.60. The van der Waals surface area contributed by atoms with E-state index in [1.165, 1.54) is 24.3 Å². The third-order valence-corrected chi connectivity index (χ3v) is 5.04. The van der Waals surface area contributed by atoms with Crippen LogP contribution in [0, 0.1) is 10.1 Å². The Morgan fingerprint density at radius 3 is 2.19 bits per heavy atom. The summed E-state index contributed by atoms with van der Waals surface area (Å²) in [4.78, 5) is 34.2. The number of non-ortho nitro benzene ring substituents is 1. The summed E-state index contributed by atoms with van der Waals surface area (Å²) in [6.45, 7) is 7.51. The summed E-state index contributed by atoms with van der Waals surface area (Å²) in [7, 11) is 0. The van der Waals surface area contributed by atoms with E-state index in [-0.39, 0.29) is 25.1 Å². The van der Waals surface area contributed by atoms with Gasteiger partial charge in [0.1, 0.15) is 6.04 Å². The van der Waals surface area contributed by atoms with E-state index in [4.69, 9.17) is 9.84 Å². The molecule has 36 heavy (non-hydrogen) atoms. The van der Waals surface area contributed by atoms with Crippen LogP contribution in [0.5, 0.6) is 0 Å². The predicted octanol–water partition coefficient (Wildman–Crippen LogP) is 4.27. The van der Waals surface area contributed by atoms with Crippen LogP contribution in [0.2, 0.25) is 0 Å². The van der Waals surface area contributed by atoms with Gasteiger partial charge in [-0.3, -0.25) is 14.9 Å². The molecule has 0 fully saturated rings. The number of carbonyl (C=O) groups is 2. The smallest absolute Gasteiger partial charge is 0.326 e. The molecule has 12 nitrogen and oxygen atoms in total. The van der Waals surface area contributed by atoms with E-state index in [2.05, 4.69) is 27.0 Å². The van der Waals surface area contributed by atoms with Crippen molar-refractivity contribution < 1.29 is 29.5 Å². The number of hydrogen-bond donors (Lipinski definition) is 3. The van der Waals surface area contributed by atoms with Crippen LogP contribution >= 0.6 is 0 Å². The number of carboxylic acid groups (broad SMARTS) is 2. The van der Waals surface area contributed by atoms with Gasteiger partial charge in [0.25, 0.3) is 5.69 Å². The second-order valence-electron chi connectivity index (χ2n) is 7.69. The van der Waals surface area contributed by atoms with Gasteiger partial charge in [-0.2, -0.15) is 10.2 Å². The minimum absolute atomic E-state index is 0.0114. The number of nitrogens with zero attached hydrogens (tertiary/aromatic N) is 4. The van der Waals surface area contributed by atoms with E-state index in [0.717, 1.165) is 12.2 Å². The Hall–Kier alpha value is -4.32. The van der Waals surface area contributed by atoms with Crippen molar-refractivity contribution in [3.63, 3.8) is 0 Å². The van der Waals surface area contributed by atoms with Crippen LogP contribution in [0.4, 0.5) is 22.7 Å². The van der Waals surface area contributed by atoms with E-state index < -0.39 is 22.9 Å². The van der Waals surface area contributed by atoms with Crippen molar-refractivity contribution in [1.82, 2.24) is 5.32 Å². The van der Waals surface area contributed by atoms with Crippen molar-refractivity contribution in [3.8, 4) is 0 Å². The average molecular weight is 500 g/mol. The molecule has 0 saturated heterocycles. The van der Waals surface area contributed by atoms with Crippen LogP contribution in [-0.4, -0.2) is 59.4 Å². The summed E-state index contributed by atoms with van der Waals surface area (Å²) in [5.74, 6) is -2.21. The van der Waals surface area contributed by atoms with E-state index in [0.29, 0.717) is 30.2 Å². The highest BCUT2D eigenvalue weighted by Crippen LogP contribution is 2.23. The third kappa shape index (κ3) is 9.50. The molecule has 2 rings (SSSR count). The molecule has 0 aliphatic carbocycles. The van der Waals surface area contributed by atoms with Gasteiger partial charge in [0, 0.05) is 43.0 Å². The molecule has 2 aromatic carbocycles. The normalized spacial score (nSPS) is 11.7. The number of carboxylic acids is 2. The van der Waals surface area contributed by atoms with Crippen LogP contribution in [0.15, 0.2) is 71.0 Å². The van der Waals surface area contributed by atoms with Gasteiger partial charge in [0.2, 0.25) is 0 Å². The third-order valence-electron chi connectivity index (χ3n) is 5.04. The van der Waals surface area contributed by atoms with E-state index in [9.17, 15) is 24.8 Å². The SMILES string of the molecule is C=C(COCCN(CC)c1ccc(/N=N/c2ccc([N+](=O)[O-])cc2)cc1)NC(CCC(=O)O)C(=O)O. The highest BCUT2D eigenvalue weighted by atomic mass is 16.6. The monoisotopic (exact) mass is 499 g/mol. The molecule has 0 saturated carbocycles. The highest BCUT2D eigenvalue weighted by Gasteiger charge is 2.18. The number of likely N-dealkylation sites (N-methyl/N-ethyl adjacent to an activating group) is 1. The Morgan fingerprint density at radius 2 is 1.69 bits per heavy atom. The van der Waals surface area contributed by atoms with Gasteiger partial charge in [0.15, 0.2) is 0 Å². The number of aliphatic carboxylic acids is 2. The van der Waals surface area contributed by atoms with Crippen LogP contribution in [0.3, 0.4) is 0 Å². The second kappa shape index (κ2) is 14.2. The maximum absolute atomic E-state index is 11.3. The standard InChI is InChI=1S/C24H29N5O7/c1-3-28(14-15-36-16-17(2)25-22(24(32)33)12-13-23(30)31)20-8-4-18(5-9-20)26-27-19-6-10-21(11-7-19)29(34)35/h4-11,22,25H,2-3,12-16H2,1H3,(H,30,31)(H,32,33)/b27-26+. The largest absolute Gasteiger partial charge is 0.481 e. The molecule has 192 valence electrons. The predicted molar refractivity (Wildman–Crippen MR) is 133 cm³/mol. The first kappa shape index (κ1) is 27.9. The van der Waals surface area contributed by atoms with Crippen molar-refractivity contribution in [3.05, 3.63) is 70.9 Å². The second-order valence-corrected chi connectivity index (χ2v) is 7.69.